The number of aliphatic hydroxyl groups is 1. The van der Waals surface area contributed by atoms with Crippen molar-refractivity contribution < 1.29 is 24.5 Å². The average Bonchev–Trinajstić information content (AvgIpc) is 2.54. The van der Waals surface area contributed by atoms with Crippen LogP contribution in [0.1, 0.15) is 54.6 Å². The molecule has 0 bridgehead atoms. The summed E-state index contributed by atoms with van der Waals surface area (Å²) in [6, 6.07) is 6.28. The molecule has 6 nitrogen and oxygen atoms in total. The highest BCUT2D eigenvalue weighted by Crippen LogP contribution is 2.39. The van der Waals surface area contributed by atoms with E-state index in [1.807, 2.05) is 6.92 Å². The average molecular weight is 321 g/mol. The topological polar surface area (TPSA) is 87.1 Å². The van der Waals surface area contributed by atoms with Gasteiger partial charge in [-0.25, -0.2) is 9.59 Å². The van der Waals surface area contributed by atoms with Crippen molar-refractivity contribution in [3.8, 4) is 0 Å². The number of hydrogen-bond acceptors (Lipinski definition) is 4. The lowest BCUT2D eigenvalue weighted by atomic mass is 9.81. The molecule has 1 amide bonds. The molecule has 0 saturated carbocycles. The number of carbonyl (C=O) groups is 2. The molecule has 2 N–H and O–H groups in total. The summed E-state index contributed by atoms with van der Waals surface area (Å²) in [6.45, 7) is 2.30. The molecule has 0 aromatic heterocycles. The van der Waals surface area contributed by atoms with Gasteiger partial charge in [0.05, 0.1) is 24.3 Å². The van der Waals surface area contributed by atoms with Crippen molar-refractivity contribution in [1.82, 2.24) is 4.90 Å². The lowest BCUT2D eigenvalue weighted by Gasteiger charge is -2.43. The molecule has 1 aliphatic heterocycles. The van der Waals surface area contributed by atoms with E-state index in [1.165, 1.54) is 12.0 Å². The third kappa shape index (κ3) is 3.82. The number of rotatable bonds is 4. The summed E-state index contributed by atoms with van der Waals surface area (Å²) < 4.78 is 4.66. The van der Waals surface area contributed by atoms with Gasteiger partial charge in [0.25, 0.3) is 0 Å². The number of benzene rings is 1. The molecule has 0 radical (unpaired) electrons. The minimum absolute atomic E-state index is 0.301. The third-order valence-corrected chi connectivity index (χ3v) is 4.45. The first-order valence-electron chi connectivity index (χ1n) is 7.80. The monoisotopic (exact) mass is 321 g/mol. The fourth-order valence-corrected chi connectivity index (χ4v) is 3.23. The molecule has 2 atom stereocenters. The Balaban J connectivity index is 2.27. The van der Waals surface area contributed by atoms with E-state index in [1.54, 1.807) is 24.3 Å². The predicted octanol–water partition coefficient (Wildman–Crippen LogP) is 2.82. The number of esters is 1. The number of likely N-dealkylation sites (tertiary alicyclic amines) is 1. The van der Waals surface area contributed by atoms with E-state index < -0.39 is 23.7 Å². The number of methoxy groups -OCH3 is 1. The second kappa shape index (κ2) is 7.00. The van der Waals surface area contributed by atoms with Crippen LogP contribution < -0.4 is 0 Å². The molecule has 1 aromatic carbocycles. The van der Waals surface area contributed by atoms with E-state index in [0.29, 0.717) is 31.4 Å². The quantitative estimate of drug-likeness (QED) is 0.833. The Kier molecular flexibility index (Phi) is 5.26. The second-order valence-corrected chi connectivity index (χ2v) is 6.03. The standard InChI is InChI=1S/C17H23NO5/c1-3-8-17(22)9-10-18(16(20)21)14(11-17)12-4-6-13(7-5-12)15(19)23-2/h4-7,14,22H,3,8-11H2,1-2H3,(H,20,21)/t14-,17?/m0/s1. The Morgan fingerprint density at radius 3 is 2.52 bits per heavy atom. The molecule has 2 rings (SSSR count). The second-order valence-electron chi connectivity index (χ2n) is 6.03. The maximum atomic E-state index is 11.5. The molecule has 6 heteroatoms. The van der Waals surface area contributed by atoms with Crippen LogP contribution in [0, 0.1) is 0 Å². The zero-order valence-electron chi connectivity index (χ0n) is 13.5. The Labute approximate surface area is 135 Å². The fourth-order valence-electron chi connectivity index (χ4n) is 3.23. The Morgan fingerprint density at radius 1 is 1.35 bits per heavy atom. The summed E-state index contributed by atoms with van der Waals surface area (Å²) in [5, 5.41) is 20.1. The van der Waals surface area contributed by atoms with E-state index >= 15 is 0 Å². The molecule has 1 aliphatic rings. The molecule has 126 valence electrons. The van der Waals surface area contributed by atoms with Crippen molar-refractivity contribution in [2.45, 2.75) is 44.2 Å². The van der Waals surface area contributed by atoms with E-state index in [2.05, 4.69) is 4.74 Å². The van der Waals surface area contributed by atoms with Crippen LogP contribution in [0.3, 0.4) is 0 Å². The normalized spacial score (nSPS) is 24.3. The maximum Gasteiger partial charge on any atom is 0.407 e. The summed E-state index contributed by atoms with van der Waals surface area (Å²) in [5.41, 5.74) is 0.346. The van der Waals surface area contributed by atoms with Crippen molar-refractivity contribution in [2.75, 3.05) is 13.7 Å². The van der Waals surface area contributed by atoms with Crippen LogP contribution in [0.4, 0.5) is 4.79 Å². The highest BCUT2D eigenvalue weighted by molar-refractivity contribution is 5.89. The summed E-state index contributed by atoms with van der Waals surface area (Å²) in [4.78, 5) is 24.4. The molecular weight excluding hydrogens is 298 g/mol. The van der Waals surface area contributed by atoms with Crippen LogP contribution >= 0.6 is 0 Å². The van der Waals surface area contributed by atoms with Gasteiger partial charge >= 0.3 is 12.1 Å². The van der Waals surface area contributed by atoms with Crippen LogP contribution in [-0.4, -0.2) is 46.4 Å². The first kappa shape index (κ1) is 17.3. The zero-order valence-corrected chi connectivity index (χ0v) is 13.5. The number of hydrogen-bond donors (Lipinski definition) is 2. The largest absolute Gasteiger partial charge is 0.465 e. The first-order valence-corrected chi connectivity index (χ1v) is 7.80. The summed E-state index contributed by atoms with van der Waals surface area (Å²) in [6.07, 6.45) is 1.31. The molecule has 1 heterocycles. The van der Waals surface area contributed by atoms with E-state index in [-0.39, 0.29) is 0 Å². The van der Waals surface area contributed by atoms with Crippen LogP contribution in [0.25, 0.3) is 0 Å². The molecule has 0 spiro atoms. The smallest absolute Gasteiger partial charge is 0.407 e. The van der Waals surface area contributed by atoms with Gasteiger partial charge in [-0.15, -0.1) is 0 Å². The SMILES string of the molecule is CCCC1(O)CCN(C(=O)O)[C@H](c2ccc(C(=O)OC)cc2)C1. The maximum absolute atomic E-state index is 11.5. The fraction of sp³-hybridized carbons (Fsp3) is 0.529. The van der Waals surface area contributed by atoms with Gasteiger partial charge in [0.15, 0.2) is 0 Å². The molecule has 1 aromatic rings. The lowest BCUT2D eigenvalue weighted by molar-refractivity contribution is -0.0471. The van der Waals surface area contributed by atoms with Gasteiger partial charge in [0, 0.05) is 13.0 Å². The Morgan fingerprint density at radius 2 is 2.00 bits per heavy atom. The van der Waals surface area contributed by atoms with E-state index in [0.717, 1.165) is 12.0 Å². The van der Waals surface area contributed by atoms with Crippen molar-refractivity contribution in [1.29, 1.82) is 0 Å². The lowest BCUT2D eigenvalue weighted by Crippen LogP contribution is -2.48. The highest BCUT2D eigenvalue weighted by Gasteiger charge is 2.40. The molecule has 1 unspecified atom stereocenters. The number of piperidine rings is 1. The Hall–Kier alpha value is -2.08. The molecular formula is C17H23NO5. The van der Waals surface area contributed by atoms with Gasteiger partial charge in [-0.05, 0) is 30.5 Å². The molecule has 23 heavy (non-hydrogen) atoms. The highest BCUT2D eigenvalue weighted by atomic mass is 16.5. The van der Waals surface area contributed by atoms with Crippen LogP contribution in [0.5, 0.6) is 0 Å². The van der Waals surface area contributed by atoms with E-state index in [9.17, 15) is 19.8 Å². The van der Waals surface area contributed by atoms with Crippen LogP contribution in [0.2, 0.25) is 0 Å². The minimum Gasteiger partial charge on any atom is -0.465 e. The minimum atomic E-state index is -0.995. The third-order valence-electron chi connectivity index (χ3n) is 4.45. The molecule has 1 fully saturated rings. The van der Waals surface area contributed by atoms with Gasteiger partial charge in [0.2, 0.25) is 0 Å². The number of carboxylic acid groups (broad SMARTS) is 1. The van der Waals surface area contributed by atoms with Gasteiger partial charge in [-0.3, -0.25) is 0 Å². The summed E-state index contributed by atoms with van der Waals surface area (Å²) in [7, 11) is 1.31. The molecule has 0 aliphatic carbocycles. The summed E-state index contributed by atoms with van der Waals surface area (Å²) in [5.74, 6) is -0.433. The van der Waals surface area contributed by atoms with Gasteiger partial charge in [0.1, 0.15) is 0 Å². The van der Waals surface area contributed by atoms with Crippen LogP contribution in [0.15, 0.2) is 24.3 Å². The number of carbonyl (C=O) groups excluding carboxylic acids is 1. The number of ether oxygens (including phenoxy) is 1. The van der Waals surface area contributed by atoms with Crippen molar-refractivity contribution in [3.63, 3.8) is 0 Å². The van der Waals surface area contributed by atoms with Gasteiger partial charge in [-0.2, -0.15) is 0 Å². The summed E-state index contributed by atoms with van der Waals surface area (Å²) >= 11 is 0. The number of amides is 1. The molecule has 1 saturated heterocycles. The first-order chi connectivity index (χ1) is 10.9. The van der Waals surface area contributed by atoms with Crippen molar-refractivity contribution >= 4 is 12.1 Å². The predicted molar refractivity (Wildman–Crippen MR) is 84.3 cm³/mol. The Bertz CT molecular complexity index is 571. The van der Waals surface area contributed by atoms with Gasteiger partial charge < -0.3 is 19.8 Å². The zero-order chi connectivity index (χ0) is 17.0. The number of nitrogens with zero attached hydrogens (tertiary/aromatic N) is 1. The van der Waals surface area contributed by atoms with E-state index in [4.69, 9.17) is 0 Å². The van der Waals surface area contributed by atoms with Crippen LogP contribution in [-0.2, 0) is 4.74 Å². The van der Waals surface area contributed by atoms with Crippen molar-refractivity contribution in [2.24, 2.45) is 0 Å². The van der Waals surface area contributed by atoms with Gasteiger partial charge in [-0.1, -0.05) is 25.5 Å². The van der Waals surface area contributed by atoms with Crippen molar-refractivity contribution in [3.05, 3.63) is 35.4 Å².